The van der Waals surface area contributed by atoms with Gasteiger partial charge in [-0.3, -0.25) is 4.79 Å². The summed E-state index contributed by atoms with van der Waals surface area (Å²) < 4.78 is 10.8. The summed E-state index contributed by atoms with van der Waals surface area (Å²) in [5.41, 5.74) is 0.861. The molecule has 2 rings (SSSR count). The summed E-state index contributed by atoms with van der Waals surface area (Å²) in [6.07, 6.45) is 0.801. The number of nitrogens with one attached hydrogen (secondary N) is 1. The quantitative estimate of drug-likeness (QED) is 0.561. The van der Waals surface area contributed by atoms with Crippen LogP contribution in [0.25, 0.3) is 11.5 Å². The van der Waals surface area contributed by atoms with Crippen LogP contribution in [0, 0.1) is 0 Å². The molecular formula is C16H21N3O3S. The van der Waals surface area contributed by atoms with Crippen molar-refractivity contribution in [3.63, 3.8) is 0 Å². The van der Waals surface area contributed by atoms with Crippen molar-refractivity contribution in [2.75, 3.05) is 19.8 Å². The molecule has 1 amide bonds. The lowest BCUT2D eigenvalue weighted by Gasteiger charge is -2.09. The predicted molar refractivity (Wildman–Crippen MR) is 89.2 cm³/mol. The van der Waals surface area contributed by atoms with Gasteiger partial charge in [0.15, 0.2) is 0 Å². The van der Waals surface area contributed by atoms with Gasteiger partial charge in [-0.1, -0.05) is 30.0 Å². The first-order valence-corrected chi connectivity index (χ1v) is 8.49. The van der Waals surface area contributed by atoms with Crippen molar-refractivity contribution in [3.05, 3.63) is 30.3 Å². The zero-order chi connectivity index (χ0) is 16.5. The fourth-order valence-electron chi connectivity index (χ4n) is 1.83. The van der Waals surface area contributed by atoms with Crippen molar-refractivity contribution in [1.82, 2.24) is 15.5 Å². The van der Waals surface area contributed by atoms with E-state index in [2.05, 4.69) is 15.5 Å². The number of thioether (sulfide) groups is 1. The second-order valence-corrected chi connectivity index (χ2v) is 6.13. The SMILES string of the molecule is CCOCCCNC(=O)C(C)Sc1nnc(-c2ccccc2)o1. The molecule has 1 atom stereocenters. The van der Waals surface area contributed by atoms with Gasteiger partial charge in [0.1, 0.15) is 0 Å². The Bertz CT molecular complexity index is 604. The van der Waals surface area contributed by atoms with E-state index in [9.17, 15) is 4.79 Å². The molecule has 2 aromatic rings. The number of ether oxygens (including phenoxy) is 1. The first kappa shape index (κ1) is 17.5. The summed E-state index contributed by atoms with van der Waals surface area (Å²) in [4.78, 5) is 12.0. The molecule has 1 N–H and O–H groups in total. The lowest BCUT2D eigenvalue weighted by atomic mass is 10.2. The number of aromatic nitrogens is 2. The first-order chi connectivity index (χ1) is 11.2. The van der Waals surface area contributed by atoms with E-state index in [4.69, 9.17) is 9.15 Å². The third-order valence-electron chi connectivity index (χ3n) is 3.04. The summed E-state index contributed by atoms with van der Waals surface area (Å²) >= 11 is 1.25. The maximum Gasteiger partial charge on any atom is 0.277 e. The average molecular weight is 335 g/mol. The fourth-order valence-corrected chi connectivity index (χ4v) is 2.54. The van der Waals surface area contributed by atoms with Gasteiger partial charge in [-0.15, -0.1) is 10.2 Å². The van der Waals surface area contributed by atoms with Gasteiger partial charge in [0.2, 0.25) is 11.8 Å². The van der Waals surface area contributed by atoms with Crippen LogP contribution in [0.5, 0.6) is 0 Å². The fraction of sp³-hybridized carbons (Fsp3) is 0.438. The summed E-state index contributed by atoms with van der Waals surface area (Å²) in [5.74, 6) is 0.406. The normalized spacial score (nSPS) is 12.1. The molecule has 23 heavy (non-hydrogen) atoms. The van der Waals surface area contributed by atoms with Crippen LogP contribution in [0.4, 0.5) is 0 Å². The van der Waals surface area contributed by atoms with Crippen molar-refractivity contribution < 1.29 is 13.9 Å². The van der Waals surface area contributed by atoms with E-state index in [1.165, 1.54) is 11.8 Å². The zero-order valence-corrected chi connectivity index (χ0v) is 14.1. The largest absolute Gasteiger partial charge is 0.411 e. The molecule has 1 heterocycles. The van der Waals surface area contributed by atoms with Crippen molar-refractivity contribution >= 4 is 17.7 Å². The smallest absolute Gasteiger partial charge is 0.277 e. The Kier molecular flexibility index (Phi) is 7.09. The Hall–Kier alpha value is -1.86. The van der Waals surface area contributed by atoms with Crippen LogP contribution in [-0.2, 0) is 9.53 Å². The molecule has 0 aliphatic carbocycles. The zero-order valence-electron chi connectivity index (χ0n) is 13.3. The Balaban J connectivity index is 1.80. The number of benzene rings is 1. The van der Waals surface area contributed by atoms with Gasteiger partial charge < -0.3 is 14.5 Å². The van der Waals surface area contributed by atoms with E-state index in [-0.39, 0.29) is 11.2 Å². The van der Waals surface area contributed by atoms with Crippen molar-refractivity contribution in [3.8, 4) is 11.5 Å². The highest BCUT2D eigenvalue weighted by molar-refractivity contribution is 8.00. The lowest BCUT2D eigenvalue weighted by molar-refractivity contribution is -0.120. The maximum atomic E-state index is 12.0. The molecule has 0 spiro atoms. The number of carbonyl (C=O) groups excluding carboxylic acids is 1. The summed E-state index contributed by atoms with van der Waals surface area (Å²) in [7, 11) is 0. The third-order valence-corrected chi connectivity index (χ3v) is 3.98. The molecule has 0 saturated carbocycles. The van der Waals surface area contributed by atoms with Gasteiger partial charge >= 0.3 is 0 Å². The molecule has 1 aromatic heterocycles. The topological polar surface area (TPSA) is 77.2 Å². The standard InChI is InChI=1S/C16H21N3O3S/c1-3-21-11-7-10-17-14(20)12(2)23-16-19-18-15(22-16)13-8-5-4-6-9-13/h4-6,8-9,12H,3,7,10-11H2,1-2H3,(H,17,20). The summed E-state index contributed by atoms with van der Waals surface area (Å²) in [6, 6.07) is 9.54. The minimum Gasteiger partial charge on any atom is -0.411 e. The van der Waals surface area contributed by atoms with Gasteiger partial charge in [-0.2, -0.15) is 0 Å². The van der Waals surface area contributed by atoms with E-state index >= 15 is 0 Å². The number of rotatable bonds is 9. The monoisotopic (exact) mass is 335 g/mol. The van der Waals surface area contributed by atoms with E-state index in [1.807, 2.05) is 44.2 Å². The third kappa shape index (κ3) is 5.69. The summed E-state index contributed by atoms with van der Waals surface area (Å²) in [5, 5.41) is 11.0. The molecule has 0 bridgehead atoms. The molecule has 124 valence electrons. The minimum atomic E-state index is -0.300. The molecule has 1 unspecified atom stereocenters. The second-order valence-electron chi connectivity index (χ2n) is 4.84. The molecule has 6 nitrogen and oxygen atoms in total. The average Bonchev–Trinajstić information content (AvgIpc) is 3.03. The van der Waals surface area contributed by atoms with Gasteiger partial charge in [-0.05, 0) is 32.4 Å². The van der Waals surface area contributed by atoms with E-state index < -0.39 is 0 Å². The van der Waals surface area contributed by atoms with E-state index in [0.29, 0.717) is 30.9 Å². The molecule has 7 heteroatoms. The van der Waals surface area contributed by atoms with E-state index in [1.54, 1.807) is 0 Å². The molecule has 0 aliphatic rings. The minimum absolute atomic E-state index is 0.0500. The van der Waals surface area contributed by atoms with Crippen LogP contribution in [0.15, 0.2) is 40.0 Å². The van der Waals surface area contributed by atoms with Crippen molar-refractivity contribution in [2.45, 2.75) is 30.7 Å². The Morgan fingerprint density at radius 1 is 1.35 bits per heavy atom. The molecule has 0 aliphatic heterocycles. The number of amides is 1. The highest BCUT2D eigenvalue weighted by atomic mass is 32.2. The highest BCUT2D eigenvalue weighted by Gasteiger charge is 2.18. The van der Waals surface area contributed by atoms with E-state index in [0.717, 1.165) is 12.0 Å². The molecule has 1 aromatic carbocycles. The van der Waals surface area contributed by atoms with Crippen LogP contribution < -0.4 is 5.32 Å². The molecular weight excluding hydrogens is 314 g/mol. The number of hydrogen-bond acceptors (Lipinski definition) is 6. The molecule has 0 saturated heterocycles. The summed E-state index contributed by atoms with van der Waals surface area (Å²) in [6.45, 7) is 5.71. The van der Waals surface area contributed by atoms with Gasteiger partial charge in [-0.25, -0.2) is 0 Å². The number of hydrogen-bond donors (Lipinski definition) is 1. The van der Waals surface area contributed by atoms with Gasteiger partial charge in [0, 0.05) is 25.3 Å². The van der Waals surface area contributed by atoms with Crippen molar-refractivity contribution in [2.24, 2.45) is 0 Å². The van der Waals surface area contributed by atoms with Crippen LogP contribution in [-0.4, -0.2) is 41.1 Å². The Labute approximate surface area is 140 Å². The highest BCUT2D eigenvalue weighted by Crippen LogP contribution is 2.25. The first-order valence-electron chi connectivity index (χ1n) is 7.61. The number of carbonyl (C=O) groups is 1. The second kappa shape index (κ2) is 9.32. The van der Waals surface area contributed by atoms with Crippen LogP contribution >= 0.6 is 11.8 Å². The molecule has 0 fully saturated rings. The maximum absolute atomic E-state index is 12.0. The van der Waals surface area contributed by atoms with Crippen LogP contribution in [0.2, 0.25) is 0 Å². The predicted octanol–water partition coefficient (Wildman–Crippen LogP) is 2.76. The Morgan fingerprint density at radius 2 is 2.13 bits per heavy atom. The van der Waals surface area contributed by atoms with Gasteiger partial charge in [0.05, 0.1) is 5.25 Å². The van der Waals surface area contributed by atoms with Crippen molar-refractivity contribution in [1.29, 1.82) is 0 Å². The number of nitrogens with zero attached hydrogens (tertiary/aromatic N) is 2. The lowest BCUT2D eigenvalue weighted by Crippen LogP contribution is -2.32. The van der Waals surface area contributed by atoms with Crippen LogP contribution in [0.3, 0.4) is 0 Å². The van der Waals surface area contributed by atoms with Crippen LogP contribution in [0.1, 0.15) is 20.3 Å². The van der Waals surface area contributed by atoms with Gasteiger partial charge in [0.25, 0.3) is 5.22 Å². The molecule has 0 radical (unpaired) electrons. The Morgan fingerprint density at radius 3 is 2.87 bits per heavy atom.